The van der Waals surface area contributed by atoms with Crippen LogP contribution in [-0.2, 0) is 10.3 Å². The van der Waals surface area contributed by atoms with Crippen LogP contribution in [0.5, 0.6) is 17.2 Å². The van der Waals surface area contributed by atoms with Crippen LogP contribution in [-0.4, -0.2) is 30.9 Å². The predicted molar refractivity (Wildman–Crippen MR) is 129 cm³/mol. The Morgan fingerprint density at radius 2 is 1.85 bits per heavy atom. The fraction of sp³-hybridized carbons (Fsp3) is 0.308. The van der Waals surface area contributed by atoms with Gasteiger partial charge >= 0.3 is 0 Å². The zero-order valence-corrected chi connectivity index (χ0v) is 20.0. The average molecular weight is 461 g/mol. The van der Waals surface area contributed by atoms with Crippen LogP contribution in [0, 0.1) is 25.2 Å². The van der Waals surface area contributed by atoms with Crippen LogP contribution in [0.2, 0.25) is 0 Å². The van der Waals surface area contributed by atoms with Gasteiger partial charge in [0.05, 0.1) is 19.2 Å². The molecule has 0 saturated heterocycles. The lowest BCUT2D eigenvalue weighted by Crippen LogP contribution is -2.41. The van der Waals surface area contributed by atoms with Crippen LogP contribution < -0.4 is 24.8 Å². The van der Waals surface area contributed by atoms with E-state index in [9.17, 15) is 10.1 Å². The standard InChI is InChI=1S/C26H28N4O4/c1-16-17(2)30(19-7-9-20(32-5)10-8-19)25(21(16)13-27)29-24(31)14-28-26(3,4)18-6-11-22-23(12-18)34-15-33-22/h6-12,28H,14-15H2,1-5H3,(H,29,31). The number of hydrogen-bond donors (Lipinski definition) is 2. The van der Waals surface area contributed by atoms with E-state index in [2.05, 4.69) is 16.7 Å². The number of methoxy groups -OCH3 is 1. The highest BCUT2D eigenvalue weighted by molar-refractivity contribution is 5.93. The van der Waals surface area contributed by atoms with Crippen LogP contribution in [0.4, 0.5) is 5.82 Å². The maximum atomic E-state index is 13.0. The van der Waals surface area contributed by atoms with E-state index in [0.717, 1.165) is 28.3 Å². The van der Waals surface area contributed by atoms with Crippen molar-refractivity contribution in [1.82, 2.24) is 9.88 Å². The largest absolute Gasteiger partial charge is 0.497 e. The van der Waals surface area contributed by atoms with Gasteiger partial charge in [0.15, 0.2) is 11.5 Å². The topological polar surface area (TPSA) is 97.5 Å². The molecule has 0 radical (unpaired) electrons. The van der Waals surface area contributed by atoms with Gasteiger partial charge in [-0.05, 0) is 75.2 Å². The second-order valence-electron chi connectivity index (χ2n) is 8.67. The normalized spacial score (nSPS) is 12.4. The molecule has 0 aliphatic carbocycles. The van der Waals surface area contributed by atoms with Gasteiger partial charge < -0.3 is 19.5 Å². The molecule has 1 amide bonds. The zero-order chi connectivity index (χ0) is 24.5. The fourth-order valence-electron chi connectivity index (χ4n) is 3.98. The number of nitrogens with one attached hydrogen (secondary N) is 2. The molecule has 2 aromatic carbocycles. The summed E-state index contributed by atoms with van der Waals surface area (Å²) in [5.41, 5.74) is 3.44. The number of aromatic nitrogens is 1. The molecule has 34 heavy (non-hydrogen) atoms. The second kappa shape index (κ2) is 9.12. The van der Waals surface area contributed by atoms with Crippen LogP contribution in [0.1, 0.15) is 36.2 Å². The Balaban J connectivity index is 1.54. The zero-order valence-electron chi connectivity index (χ0n) is 20.0. The van der Waals surface area contributed by atoms with Crippen molar-refractivity contribution in [2.45, 2.75) is 33.2 Å². The first-order valence-electron chi connectivity index (χ1n) is 11.0. The van der Waals surface area contributed by atoms with E-state index in [-0.39, 0.29) is 19.2 Å². The van der Waals surface area contributed by atoms with Crippen molar-refractivity contribution in [3.63, 3.8) is 0 Å². The number of ether oxygens (including phenoxy) is 3. The number of amides is 1. The van der Waals surface area contributed by atoms with Crippen LogP contribution >= 0.6 is 0 Å². The molecule has 1 aromatic heterocycles. The van der Waals surface area contributed by atoms with E-state index in [1.807, 2.05) is 74.7 Å². The SMILES string of the molecule is COc1ccc(-n2c(C)c(C)c(C#N)c2NC(=O)CNC(C)(C)c2ccc3c(c2)OCO3)cc1. The number of rotatable bonds is 7. The minimum absolute atomic E-state index is 0.0538. The second-order valence-corrected chi connectivity index (χ2v) is 8.67. The van der Waals surface area contributed by atoms with Crippen molar-refractivity contribution in [3.8, 4) is 29.0 Å². The minimum atomic E-state index is -0.500. The number of hydrogen-bond acceptors (Lipinski definition) is 6. The Bertz CT molecular complexity index is 1270. The first kappa shape index (κ1) is 23.2. The summed E-state index contributed by atoms with van der Waals surface area (Å²) in [5.74, 6) is 2.34. The minimum Gasteiger partial charge on any atom is -0.497 e. The highest BCUT2D eigenvalue weighted by Gasteiger charge is 2.25. The van der Waals surface area contributed by atoms with E-state index in [1.54, 1.807) is 7.11 Å². The van der Waals surface area contributed by atoms with Gasteiger partial charge in [-0.2, -0.15) is 5.26 Å². The fourth-order valence-corrected chi connectivity index (χ4v) is 3.98. The Kier molecular flexibility index (Phi) is 6.22. The third-order valence-corrected chi connectivity index (χ3v) is 6.20. The van der Waals surface area contributed by atoms with Gasteiger partial charge in [-0.25, -0.2) is 0 Å². The van der Waals surface area contributed by atoms with Crippen molar-refractivity contribution < 1.29 is 19.0 Å². The number of benzene rings is 2. The molecule has 0 saturated carbocycles. The smallest absolute Gasteiger partial charge is 0.239 e. The Morgan fingerprint density at radius 1 is 1.15 bits per heavy atom. The van der Waals surface area contributed by atoms with E-state index >= 15 is 0 Å². The molecule has 2 N–H and O–H groups in total. The van der Waals surface area contributed by atoms with Gasteiger partial charge in [0.1, 0.15) is 17.6 Å². The molecule has 0 unspecified atom stereocenters. The Labute approximate surface area is 199 Å². The van der Waals surface area contributed by atoms with Crippen molar-refractivity contribution in [2.75, 3.05) is 25.8 Å². The van der Waals surface area contributed by atoms with E-state index in [1.165, 1.54) is 0 Å². The van der Waals surface area contributed by atoms with E-state index < -0.39 is 5.54 Å². The van der Waals surface area contributed by atoms with Crippen LogP contribution in [0.3, 0.4) is 0 Å². The number of anilines is 1. The maximum absolute atomic E-state index is 13.0. The van der Waals surface area contributed by atoms with Gasteiger partial charge in [-0.1, -0.05) is 6.07 Å². The summed E-state index contributed by atoms with van der Waals surface area (Å²) in [5, 5.41) is 16.0. The molecule has 3 aromatic rings. The average Bonchev–Trinajstić information content (AvgIpc) is 3.40. The van der Waals surface area contributed by atoms with Crippen LogP contribution in [0.15, 0.2) is 42.5 Å². The summed E-state index contributed by atoms with van der Waals surface area (Å²) >= 11 is 0. The monoisotopic (exact) mass is 460 g/mol. The first-order chi connectivity index (χ1) is 16.2. The molecule has 2 heterocycles. The lowest BCUT2D eigenvalue weighted by molar-refractivity contribution is -0.115. The third-order valence-electron chi connectivity index (χ3n) is 6.20. The van der Waals surface area contributed by atoms with Gasteiger partial charge in [0, 0.05) is 16.9 Å². The summed E-state index contributed by atoms with van der Waals surface area (Å²) < 4.78 is 18.0. The van der Waals surface area contributed by atoms with Crippen molar-refractivity contribution in [3.05, 3.63) is 64.8 Å². The maximum Gasteiger partial charge on any atom is 0.239 e. The third kappa shape index (κ3) is 4.30. The molecular formula is C26H28N4O4. The first-order valence-corrected chi connectivity index (χ1v) is 11.0. The number of nitrogens with zero attached hydrogens (tertiary/aromatic N) is 2. The van der Waals surface area contributed by atoms with E-state index in [4.69, 9.17) is 14.2 Å². The summed E-state index contributed by atoms with van der Waals surface area (Å²) in [6.07, 6.45) is 0. The highest BCUT2D eigenvalue weighted by atomic mass is 16.7. The van der Waals surface area contributed by atoms with Crippen LogP contribution in [0.25, 0.3) is 5.69 Å². The molecule has 176 valence electrons. The number of carbonyl (C=O) groups excluding carboxylic acids is 1. The summed E-state index contributed by atoms with van der Waals surface area (Å²) in [7, 11) is 1.61. The van der Waals surface area contributed by atoms with E-state index in [0.29, 0.717) is 22.9 Å². The molecule has 8 heteroatoms. The summed E-state index contributed by atoms with van der Waals surface area (Å²) in [4.78, 5) is 13.0. The molecule has 4 rings (SSSR count). The lowest BCUT2D eigenvalue weighted by Gasteiger charge is -2.27. The van der Waals surface area contributed by atoms with Crippen molar-refractivity contribution >= 4 is 11.7 Å². The molecule has 1 aliphatic heterocycles. The Hall–Kier alpha value is -3.96. The molecule has 0 spiro atoms. The summed E-state index contributed by atoms with van der Waals surface area (Å²) in [6.45, 7) is 8.06. The molecule has 0 fully saturated rings. The van der Waals surface area contributed by atoms with Crippen molar-refractivity contribution in [2.24, 2.45) is 0 Å². The van der Waals surface area contributed by atoms with Gasteiger partial charge in [-0.15, -0.1) is 0 Å². The quantitative estimate of drug-likeness (QED) is 0.549. The lowest BCUT2D eigenvalue weighted by atomic mass is 9.94. The van der Waals surface area contributed by atoms with Crippen molar-refractivity contribution in [1.29, 1.82) is 5.26 Å². The summed E-state index contributed by atoms with van der Waals surface area (Å²) in [6, 6.07) is 15.5. The molecular weight excluding hydrogens is 432 g/mol. The Morgan fingerprint density at radius 3 is 2.53 bits per heavy atom. The number of nitriles is 1. The molecule has 8 nitrogen and oxygen atoms in total. The molecule has 0 atom stereocenters. The highest BCUT2D eigenvalue weighted by Crippen LogP contribution is 2.35. The molecule has 0 bridgehead atoms. The van der Waals surface area contributed by atoms with Gasteiger partial charge in [-0.3, -0.25) is 14.7 Å². The van der Waals surface area contributed by atoms with Gasteiger partial charge in [0.2, 0.25) is 12.7 Å². The van der Waals surface area contributed by atoms with Gasteiger partial charge in [0.25, 0.3) is 0 Å². The molecule has 1 aliphatic rings. The predicted octanol–water partition coefficient (Wildman–Crippen LogP) is 4.17. The number of carbonyl (C=O) groups is 1. The number of fused-ring (bicyclic) bond motifs is 1.